The van der Waals surface area contributed by atoms with E-state index in [9.17, 15) is 4.79 Å². The molecule has 0 aliphatic heterocycles. The molecule has 1 amide bonds. The van der Waals surface area contributed by atoms with Crippen molar-refractivity contribution in [2.24, 2.45) is 4.99 Å². The average molecular weight is 411 g/mol. The Bertz CT molecular complexity index is 1100. The Morgan fingerprint density at radius 3 is 2.76 bits per heavy atom. The standard InChI is InChI=1S/C23H26N2O3S/c1-3-28-19-10-11-20-21(15-19)29-23(25(20)12-13-27-2)24-22(26)18-9-8-16-6-4-5-7-17(16)14-18/h8-11,14-15H,3-7,12-13H2,1-2H3. The van der Waals surface area contributed by atoms with Gasteiger partial charge in [-0.3, -0.25) is 4.79 Å². The number of carbonyl (C=O) groups excluding carboxylic acids is 1. The molecule has 1 aromatic heterocycles. The Hall–Kier alpha value is -2.44. The van der Waals surface area contributed by atoms with Crippen LogP contribution < -0.4 is 9.54 Å². The molecule has 4 rings (SSSR count). The number of benzene rings is 2. The maximum Gasteiger partial charge on any atom is 0.279 e. The molecule has 1 aliphatic rings. The predicted molar refractivity (Wildman–Crippen MR) is 116 cm³/mol. The molecule has 0 unspecified atom stereocenters. The van der Waals surface area contributed by atoms with E-state index in [-0.39, 0.29) is 5.91 Å². The monoisotopic (exact) mass is 410 g/mol. The van der Waals surface area contributed by atoms with Crippen LogP contribution in [0.1, 0.15) is 41.3 Å². The maximum atomic E-state index is 12.9. The Kier molecular flexibility index (Phi) is 6.11. The molecule has 0 atom stereocenters. The number of fused-ring (bicyclic) bond motifs is 2. The molecule has 0 radical (unpaired) electrons. The lowest BCUT2D eigenvalue weighted by molar-refractivity contribution is 0.0997. The fraction of sp³-hybridized carbons (Fsp3) is 0.391. The highest BCUT2D eigenvalue weighted by molar-refractivity contribution is 7.16. The summed E-state index contributed by atoms with van der Waals surface area (Å²) in [6, 6.07) is 12.0. The van der Waals surface area contributed by atoms with Crippen molar-refractivity contribution in [1.82, 2.24) is 4.57 Å². The van der Waals surface area contributed by atoms with Gasteiger partial charge in [-0.05, 0) is 74.1 Å². The van der Waals surface area contributed by atoms with Crippen LogP contribution in [0.5, 0.6) is 5.75 Å². The summed E-state index contributed by atoms with van der Waals surface area (Å²) in [5, 5.41) is 0. The van der Waals surface area contributed by atoms with Crippen LogP contribution >= 0.6 is 11.3 Å². The zero-order valence-electron chi connectivity index (χ0n) is 16.9. The van der Waals surface area contributed by atoms with Crippen molar-refractivity contribution >= 4 is 27.5 Å². The number of nitrogens with zero attached hydrogens (tertiary/aromatic N) is 2. The van der Waals surface area contributed by atoms with Crippen molar-refractivity contribution in [2.45, 2.75) is 39.2 Å². The van der Waals surface area contributed by atoms with Crippen molar-refractivity contribution in [3.63, 3.8) is 0 Å². The van der Waals surface area contributed by atoms with Crippen LogP contribution in [0.4, 0.5) is 0 Å². The van der Waals surface area contributed by atoms with E-state index in [0.717, 1.165) is 28.8 Å². The van der Waals surface area contributed by atoms with Crippen LogP contribution in [-0.2, 0) is 24.1 Å². The number of amides is 1. The molecule has 6 heteroatoms. The highest BCUT2D eigenvalue weighted by atomic mass is 32.1. The average Bonchev–Trinajstić information content (AvgIpc) is 3.08. The van der Waals surface area contributed by atoms with Crippen LogP contribution in [-0.4, -0.2) is 30.8 Å². The number of hydrogen-bond acceptors (Lipinski definition) is 4. The van der Waals surface area contributed by atoms with Crippen molar-refractivity contribution in [3.05, 3.63) is 57.9 Å². The molecule has 0 bridgehead atoms. The Balaban J connectivity index is 1.74. The highest BCUT2D eigenvalue weighted by Gasteiger charge is 2.14. The summed E-state index contributed by atoms with van der Waals surface area (Å²) in [6.45, 7) is 3.78. The van der Waals surface area contributed by atoms with Gasteiger partial charge in [-0.25, -0.2) is 0 Å². The SMILES string of the molecule is CCOc1ccc2c(c1)sc(=NC(=O)c1ccc3c(c1)CCCC3)n2CCOC. The van der Waals surface area contributed by atoms with Gasteiger partial charge >= 0.3 is 0 Å². The zero-order chi connectivity index (χ0) is 20.2. The van der Waals surface area contributed by atoms with E-state index in [1.807, 2.05) is 37.3 Å². The third kappa shape index (κ3) is 4.28. The third-order valence-electron chi connectivity index (χ3n) is 5.28. The Morgan fingerprint density at radius 2 is 1.97 bits per heavy atom. The lowest BCUT2D eigenvalue weighted by atomic mass is 9.90. The number of rotatable bonds is 6. The minimum Gasteiger partial charge on any atom is -0.494 e. The number of aromatic nitrogens is 1. The first-order valence-electron chi connectivity index (χ1n) is 10.2. The van der Waals surface area contributed by atoms with E-state index in [1.165, 1.54) is 35.3 Å². The minimum absolute atomic E-state index is 0.193. The molecule has 0 saturated carbocycles. The molecule has 1 heterocycles. The molecule has 152 valence electrons. The van der Waals surface area contributed by atoms with E-state index in [0.29, 0.717) is 30.1 Å². The third-order valence-corrected chi connectivity index (χ3v) is 6.32. The molecule has 1 aliphatic carbocycles. The molecular weight excluding hydrogens is 384 g/mol. The van der Waals surface area contributed by atoms with Crippen molar-refractivity contribution in [2.75, 3.05) is 20.3 Å². The van der Waals surface area contributed by atoms with Crippen molar-refractivity contribution in [3.8, 4) is 5.75 Å². The van der Waals surface area contributed by atoms with Crippen LogP contribution in [0.3, 0.4) is 0 Å². The summed E-state index contributed by atoms with van der Waals surface area (Å²) in [5.74, 6) is 0.633. The summed E-state index contributed by atoms with van der Waals surface area (Å²) in [5.41, 5.74) is 4.36. The van der Waals surface area contributed by atoms with E-state index < -0.39 is 0 Å². The number of aryl methyl sites for hydroxylation is 2. The maximum absolute atomic E-state index is 12.9. The van der Waals surface area contributed by atoms with Gasteiger partial charge in [-0.2, -0.15) is 4.99 Å². The summed E-state index contributed by atoms with van der Waals surface area (Å²) in [7, 11) is 1.68. The van der Waals surface area contributed by atoms with Crippen molar-refractivity contribution in [1.29, 1.82) is 0 Å². The zero-order valence-corrected chi connectivity index (χ0v) is 17.8. The summed E-state index contributed by atoms with van der Waals surface area (Å²) in [4.78, 5) is 18.1. The van der Waals surface area contributed by atoms with Gasteiger partial charge in [0.15, 0.2) is 4.80 Å². The largest absolute Gasteiger partial charge is 0.494 e. The molecule has 0 fully saturated rings. The van der Waals surface area contributed by atoms with Crippen LogP contribution in [0.2, 0.25) is 0 Å². The Labute approximate surface area is 174 Å². The first-order valence-corrected chi connectivity index (χ1v) is 11.0. The normalized spacial score (nSPS) is 14.2. The second-order valence-corrected chi connectivity index (χ2v) is 8.21. The second kappa shape index (κ2) is 8.93. The van der Waals surface area contributed by atoms with Gasteiger partial charge < -0.3 is 14.0 Å². The van der Waals surface area contributed by atoms with Crippen LogP contribution in [0, 0.1) is 0 Å². The number of methoxy groups -OCH3 is 1. The topological polar surface area (TPSA) is 52.8 Å². The van der Waals surface area contributed by atoms with E-state index >= 15 is 0 Å². The highest BCUT2D eigenvalue weighted by Crippen LogP contribution is 2.24. The molecule has 0 saturated heterocycles. The summed E-state index contributed by atoms with van der Waals surface area (Å²) < 4.78 is 14.0. The number of hydrogen-bond donors (Lipinski definition) is 0. The lowest BCUT2D eigenvalue weighted by Crippen LogP contribution is -2.19. The van der Waals surface area contributed by atoms with Crippen LogP contribution in [0.25, 0.3) is 10.2 Å². The summed E-state index contributed by atoms with van der Waals surface area (Å²) >= 11 is 1.51. The molecular formula is C23H26N2O3S. The van der Waals surface area contributed by atoms with Gasteiger partial charge in [-0.15, -0.1) is 0 Å². The fourth-order valence-electron chi connectivity index (χ4n) is 3.81. The molecule has 0 spiro atoms. The number of carbonyl (C=O) groups is 1. The van der Waals surface area contributed by atoms with E-state index in [2.05, 4.69) is 15.6 Å². The van der Waals surface area contributed by atoms with Gasteiger partial charge in [0.05, 0.1) is 23.4 Å². The molecule has 29 heavy (non-hydrogen) atoms. The Morgan fingerprint density at radius 1 is 1.14 bits per heavy atom. The molecule has 3 aromatic rings. The lowest BCUT2D eigenvalue weighted by Gasteiger charge is -2.15. The number of thiazole rings is 1. The first kappa shape index (κ1) is 19.9. The minimum atomic E-state index is -0.193. The first-order chi connectivity index (χ1) is 14.2. The predicted octanol–water partition coefficient (Wildman–Crippen LogP) is 4.37. The smallest absolute Gasteiger partial charge is 0.279 e. The van der Waals surface area contributed by atoms with Gasteiger partial charge in [0, 0.05) is 19.2 Å². The van der Waals surface area contributed by atoms with Gasteiger partial charge in [-0.1, -0.05) is 17.4 Å². The van der Waals surface area contributed by atoms with Crippen molar-refractivity contribution < 1.29 is 14.3 Å². The van der Waals surface area contributed by atoms with E-state index in [4.69, 9.17) is 9.47 Å². The second-order valence-electron chi connectivity index (χ2n) is 7.20. The molecule has 0 N–H and O–H groups in total. The van der Waals surface area contributed by atoms with Crippen LogP contribution in [0.15, 0.2) is 41.4 Å². The van der Waals surface area contributed by atoms with Gasteiger partial charge in [0.25, 0.3) is 5.91 Å². The molecule has 5 nitrogen and oxygen atoms in total. The van der Waals surface area contributed by atoms with Gasteiger partial charge in [0.2, 0.25) is 0 Å². The van der Waals surface area contributed by atoms with E-state index in [1.54, 1.807) is 7.11 Å². The quantitative estimate of drug-likeness (QED) is 0.606. The fourth-order valence-corrected chi connectivity index (χ4v) is 4.89. The number of ether oxygens (including phenoxy) is 2. The molecule has 2 aromatic carbocycles. The van der Waals surface area contributed by atoms with Gasteiger partial charge in [0.1, 0.15) is 5.75 Å². The summed E-state index contributed by atoms with van der Waals surface area (Å²) in [6.07, 6.45) is 4.58.